The summed E-state index contributed by atoms with van der Waals surface area (Å²) in [5, 5.41) is 25.8. The fourth-order valence-electron chi connectivity index (χ4n) is 3.77. The molecule has 2 aromatic carbocycles. The van der Waals surface area contributed by atoms with Gasteiger partial charge in [-0.05, 0) is 54.4 Å². The zero-order chi connectivity index (χ0) is 27.2. The average molecular weight is 514 g/mol. The van der Waals surface area contributed by atoms with Crippen molar-refractivity contribution in [1.82, 2.24) is 4.98 Å². The van der Waals surface area contributed by atoms with Gasteiger partial charge < -0.3 is 25.9 Å². The van der Waals surface area contributed by atoms with Gasteiger partial charge in [-0.1, -0.05) is 19.1 Å². The van der Waals surface area contributed by atoms with Crippen molar-refractivity contribution in [2.45, 2.75) is 25.8 Å². The molecular formula is C28H24FN5O4. The summed E-state index contributed by atoms with van der Waals surface area (Å²) >= 11 is 0. The predicted molar refractivity (Wildman–Crippen MR) is 140 cm³/mol. The summed E-state index contributed by atoms with van der Waals surface area (Å²) in [5.74, 6) is -1.99. The normalized spacial score (nSPS) is 11.4. The number of hydrogen-bond acceptors (Lipinski definition) is 7. The Kier molecular flexibility index (Phi) is 7.80. The maximum absolute atomic E-state index is 13.7. The van der Waals surface area contributed by atoms with Crippen LogP contribution >= 0.6 is 0 Å². The number of nitrogens with zero attached hydrogens (tertiary/aromatic N) is 2. The molecule has 10 heteroatoms. The molecule has 5 N–H and O–H groups in total. The molecule has 1 unspecified atom stereocenters. The third-order valence-corrected chi connectivity index (χ3v) is 5.77. The van der Waals surface area contributed by atoms with Crippen LogP contribution in [0.3, 0.4) is 0 Å². The Morgan fingerprint density at radius 1 is 1.13 bits per heavy atom. The quantitative estimate of drug-likeness (QED) is 0.257. The first kappa shape index (κ1) is 26.1. The molecule has 4 rings (SSSR count). The maximum atomic E-state index is 13.7. The number of carbonyl (C=O) groups excluding carboxylic acids is 2. The highest BCUT2D eigenvalue weighted by Gasteiger charge is 2.20. The highest BCUT2D eigenvalue weighted by molar-refractivity contribution is 6.03. The molecule has 38 heavy (non-hydrogen) atoms. The molecule has 2 aromatic heterocycles. The highest BCUT2D eigenvalue weighted by atomic mass is 19.1. The third kappa shape index (κ3) is 5.86. The zero-order valence-corrected chi connectivity index (χ0v) is 20.4. The van der Waals surface area contributed by atoms with Gasteiger partial charge in [0.15, 0.2) is 11.6 Å². The van der Waals surface area contributed by atoms with E-state index < -0.39 is 11.7 Å². The number of halogens is 1. The van der Waals surface area contributed by atoms with Crippen LogP contribution in [0.15, 0.2) is 71.3 Å². The van der Waals surface area contributed by atoms with E-state index in [1.165, 1.54) is 18.4 Å². The number of phenolic OH excluding ortho intramolecular Hbond substituents is 1. The summed E-state index contributed by atoms with van der Waals surface area (Å²) in [4.78, 5) is 29.5. The number of hydrogen-bond donors (Lipinski definition) is 4. The fraction of sp³-hybridized carbons (Fsp3) is 0.143. The number of amides is 2. The van der Waals surface area contributed by atoms with E-state index in [0.717, 1.165) is 12.1 Å². The second-order valence-corrected chi connectivity index (χ2v) is 8.48. The van der Waals surface area contributed by atoms with Gasteiger partial charge in [-0.25, -0.2) is 9.37 Å². The van der Waals surface area contributed by atoms with Crippen LogP contribution in [0.2, 0.25) is 0 Å². The monoisotopic (exact) mass is 513 g/mol. The number of aromatic nitrogens is 1. The molecule has 0 aliphatic rings. The van der Waals surface area contributed by atoms with E-state index in [1.807, 2.05) is 6.92 Å². The zero-order valence-electron chi connectivity index (χ0n) is 20.4. The SMILES string of the molecule is CCC(N)CC(=O)Nc1cccc(-c2cc(-c3ccc(F)cc3O)nc(NC(=O)c3ccco3)c2C#N)c1. The van der Waals surface area contributed by atoms with Gasteiger partial charge in [0.2, 0.25) is 5.91 Å². The molecule has 2 amide bonds. The standard InChI is InChI=1S/C28H24FN5O4/c1-2-18(31)13-26(36)32-19-6-3-5-16(11-19)21-14-23(20-9-8-17(29)12-24(20)35)33-27(22(21)15-30)34-28(37)25-7-4-10-38-25/h3-12,14,18,35H,2,13,31H2,1H3,(H,32,36)(H,33,34,37). The number of nitrogens with one attached hydrogen (secondary N) is 2. The molecule has 0 bridgehead atoms. The minimum atomic E-state index is -0.641. The van der Waals surface area contributed by atoms with Crippen LogP contribution in [-0.2, 0) is 4.79 Å². The van der Waals surface area contributed by atoms with Crippen LogP contribution in [0.5, 0.6) is 5.75 Å². The smallest absolute Gasteiger partial charge is 0.292 e. The second-order valence-electron chi connectivity index (χ2n) is 8.48. The number of pyridine rings is 1. The summed E-state index contributed by atoms with van der Waals surface area (Å²) in [6.45, 7) is 1.89. The lowest BCUT2D eigenvalue weighted by Crippen LogP contribution is -2.26. The van der Waals surface area contributed by atoms with Crippen LogP contribution in [0.1, 0.15) is 35.9 Å². The summed E-state index contributed by atoms with van der Waals surface area (Å²) in [6.07, 6.45) is 2.14. The molecule has 2 heterocycles. The topological polar surface area (TPSA) is 154 Å². The van der Waals surface area contributed by atoms with Crippen molar-refractivity contribution in [3.8, 4) is 34.2 Å². The van der Waals surface area contributed by atoms with Crippen molar-refractivity contribution in [2.24, 2.45) is 5.73 Å². The van der Waals surface area contributed by atoms with E-state index in [9.17, 15) is 24.3 Å². The predicted octanol–water partition coefficient (Wildman–Crippen LogP) is 5.04. The summed E-state index contributed by atoms with van der Waals surface area (Å²) in [7, 11) is 0. The molecule has 0 aliphatic heterocycles. The van der Waals surface area contributed by atoms with Crippen LogP contribution in [0.4, 0.5) is 15.9 Å². The first-order valence-corrected chi connectivity index (χ1v) is 11.7. The van der Waals surface area contributed by atoms with Crippen LogP contribution in [-0.4, -0.2) is 27.9 Å². The van der Waals surface area contributed by atoms with Crippen LogP contribution in [0.25, 0.3) is 22.4 Å². The molecule has 0 aliphatic carbocycles. The lowest BCUT2D eigenvalue weighted by Gasteiger charge is -2.15. The number of rotatable bonds is 8. The molecular weight excluding hydrogens is 489 g/mol. The Labute approximate surface area is 217 Å². The van der Waals surface area contributed by atoms with E-state index in [2.05, 4.69) is 21.7 Å². The number of furan rings is 1. The molecule has 1 atom stereocenters. The van der Waals surface area contributed by atoms with Gasteiger partial charge in [-0.2, -0.15) is 5.26 Å². The minimum Gasteiger partial charge on any atom is -0.507 e. The Morgan fingerprint density at radius 3 is 2.63 bits per heavy atom. The highest BCUT2D eigenvalue weighted by Crippen LogP contribution is 2.36. The van der Waals surface area contributed by atoms with Gasteiger partial charge in [-0.3, -0.25) is 9.59 Å². The van der Waals surface area contributed by atoms with Crippen molar-refractivity contribution < 1.29 is 23.5 Å². The average Bonchev–Trinajstić information content (AvgIpc) is 3.43. The third-order valence-electron chi connectivity index (χ3n) is 5.77. The van der Waals surface area contributed by atoms with Crippen molar-refractivity contribution in [2.75, 3.05) is 10.6 Å². The number of nitrogens with two attached hydrogens (primary N) is 1. The Balaban J connectivity index is 1.82. The van der Waals surface area contributed by atoms with Gasteiger partial charge in [0.1, 0.15) is 23.2 Å². The van der Waals surface area contributed by atoms with Gasteiger partial charge in [0.05, 0.1) is 12.0 Å². The van der Waals surface area contributed by atoms with Crippen molar-refractivity contribution in [3.05, 3.63) is 84.1 Å². The lowest BCUT2D eigenvalue weighted by molar-refractivity contribution is -0.116. The van der Waals surface area contributed by atoms with E-state index in [-0.39, 0.29) is 52.5 Å². The molecule has 0 saturated carbocycles. The van der Waals surface area contributed by atoms with Crippen LogP contribution < -0.4 is 16.4 Å². The van der Waals surface area contributed by atoms with Crippen molar-refractivity contribution in [1.29, 1.82) is 5.26 Å². The van der Waals surface area contributed by atoms with Crippen molar-refractivity contribution in [3.63, 3.8) is 0 Å². The molecule has 4 aromatic rings. The number of aromatic hydroxyl groups is 1. The number of phenols is 1. The largest absolute Gasteiger partial charge is 0.507 e. The van der Waals surface area contributed by atoms with E-state index in [4.69, 9.17) is 10.2 Å². The Morgan fingerprint density at radius 2 is 1.95 bits per heavy atom. The summed E-state index contributed by atoms with van der Waals surface area (Å²) < 4.78 is 18.8. The lowest BCUT2D eigenvalue weighted by atomic mass is 9.97. The van der Waals surface area contributed by atoms with Gasteiger partial charge in [0.25, 0.3) is 5.91 Å². The molecule has 0 saturated heterocycles. The Bertz CT molecular complexity index is 1530. The first-order valence-electron chi connectivity index (χ1n) is 11.7. The summed E-state index contributed by atoms with van der Waals surface area (Å²) in [6, 6.07) is 16.6. The molecule has 0 radical (unpaired) electrons. The van der Waals surface area contributed by atoms with Gasteiger partial charge in [-0.15, -0.1) is 0 Å². The second kappa shape index (κ2) is 11.4. The molecule has 0 spiro atoms. The molecule has 0 fully saturated rings. The van der Waals surface area contributed by atoms with Crippen LogP contribution in [0, 0.1) is 17.1 Å². The molecule has 192 valence electrons. The first-order chi connectivity index (χ1) is 18.3. The fourth-order valence-corrected chi connectivity index (χ4v) is 3.77. The van der Waals surface area contributed by atoms with Gasteiger partial charge >= 0.3 is 0 Å². The van der Waals surface area contributed by atoms with E-state index >= 15 is 0 Å². The maximum Gasteiger partial charge on any atom is 0.292 e. The summed E-state index contributed by atoms with van der Waals surface area (Å²) in [5.41, 5.74) is 7.64. The molecule has 9 nitrogen and oxygen atoms in total. The van der Waals surface area contributed by atoms with E-state index in [1.54, 1.807) is 36.4 Å². The number of benzene rings is 2. The minimum absolute atomic E-state index is 0.00210. The Hall–Kier alpha value is -5.01. The number of nitriles is 1. The number of carbonyl (C=O) groups is 2. The van der Waals surface area contributed by atoms with Gasteiger partial charge in [0, 0.05) is 35.3 Å². The van der Waals surface area contributed by atoms with Crippen molar-refractivity contribution >= 4 is 23.3 Å². The van der Waals surface area contributed by atoms with E-state index in [0.29, 0.717) is 23.2 Å². The number of anilines is 2.